The highest BCUT2D eigenvalue weighted by Crippen LogP contribution is 2.09. The minimum absolute atomic E-state index is 0.257. The van der Waals surface area contributed by atoms with E-state index >= 15 is 0 Å². The van der Waals surface area contributed by atoms with Gasteiger partial charge in [0, 0.05) is 12.6 Å². The van der Waals surface area contributed by atoms with Crippen LogP contribution in [0.15, 0.2) is 12.2 Å². The van der Waals surface area contributed by atoms with Gasteiger partial charge in [-0.2, -0.15) is 0 Å². The van der Waals surface area contributed by atoms with Crippen molar-refractivity contribution in [2.45, 2.75) is 18.9 Å². The Balaban J connectivity index is 2.26. The van der Waals surface area contributed by atoms with Crippen LogP contribution in [0, 0.1) is 0 Å². The standard InChI is InChI=1S/C7H13NO/c1-6-2-3-7(5-9)8-4-6/h7-9H,1-5H2. The number of rotatable bonds is 1. The Morgan fingerprint density at radius 2 is 2.56 bits per heavy atom. The maximum Gasteiger partial charge on any atom is 0.0584 e. The van der Waals surface area contributed by atoms with Crippen LogP contribution in [0.3, 0.4) is 0 Å². The van der Waals surface area contributed by atoms with Gasteiger partial charge in [-0.1, -0.05) is 12.2 Å². The van der Waals surface area contributed by atoms with E-state index < -0.39 is 0 Å². The summed E-state index contributed by atoms with van der Waals surface area (Å²) in [5, 5.41) is 11.9. The maximum absolute atomic E-state index is 8.69. The molecule has 2 heteroatoms. The topological polar surface area (TPSA) is 32.3 Å². The predicted octanol–water partition coefficient (Wildman–Crippen LogP) is 0.287. The molecule has 1 unspecified atom stereocenters. The van der Waals surface area contributed by atoms with Gasteiger partial charge in [-0.15, -0.1) is 0 Å². The van der Waals surface area contributed by atoms with Gasteiger partial charge in [-0.05, 0) is 12.8 Å². The lowest BCUT2D eigenvalue weighted by atomic mass is 10.0. The summed E-state index contributed by atoms with van der Waals surface area (Å²) < 4.78 is 0. The fraction of sp³-hybridized carbons (Fsp3) is 0.714. The van der Waals surface area contributed by atoms with Crippen molar-refractivity contribution >= 4 is 0 Å². The van der Waals surface area contributed by atoms with E-state index in [1.54, 1.807) is 0 Å². The molecule has 52 valence electrons. The average Bonchev–Trinajstić information content (AvgIpc) is 1.90. The molecule has 0 spiro atoms. The summed E-state index contributed by atoms with van der Waals surface area (Å²) in [4.78, 5) is 0. The molecule has 2 N–H and O–H groups in total. The minimum atomic E-state index is 0.257. The number of hydrogen-bond donors (Lipinski definition) is 2. The lowest BCUT2D eigenvalue weighted by Crippen LogP contribution is -2.37. The van der Waals surface area contributed by atoms with Gasteiger partial charge in [-0.3, -0.25) is 0 Å². The zero-order valence-electron chi connectivity index (χ0n) is 5.56. The SMILES string of the molecule is C=C1CCC(CO)NC1. The molecule has 0 radical (unpaired) electrons. The molecule has 1 saturated heterocycles. The van der Waals surface area contributed by atoms with Crippen molar-refractivity contribution < 1.29 is 5.11 Å². The van der Waals surface area contributed by atoms with Gasteiger partial charge in [0.1, 0.15) is 0 Å². The van der Waals surface area contributed by atoms with Crippen LogP contribution in [-0.2, 0) is 0 Å². The fourth-order valence-electron chi connectivity index (χ4n) is 1.01. The molecule has 0 amide bonds. The number of aliphatic hydroxyl groups excluding tert-OH is 1. The van der Waals surface area contributed by atoms with Crippen LogP contribution in [-0.4, -0.2) is 24.3 Å². The first kappa shape index (κ1) is 6.78. The first-order valence-corrected chi connectivity index (χ1v) is 3.34. The molecule has 1 aliphatic rings. The number of piperidine rings is 1. The van der Waals surface area contributed by atoms with Crippen LogP contribution in [0.5, 0.6) is 0 Å². The molecule has 0 aromatic carbocycles. The monoisotopic (exact) mass is 127 g/mol. The number of aliphatic hydroxyl groups is 1. The summed E-state index contributed by atoms with van der Waals surface area (Å²) >= 11 is 0. The smallest absolute Gasteiger partial charge is 0.0584 e. The molecule has 0 aromatic heterocycles. The molecule has 1 fully saturated rings. The zero-order valence-corrected chi connectivity index (χ0v) is 5.56. The molecule has 0 bridgehead atoms. The zero-order chi connectivity index (χ0) is 6.69. The summed E-state index contributed by atoms with van der Waals surface area (Å²) in [5.41, 5.74) is 1.25. The van der Waals surface area contributed by atoms with Gasteiger partial charge >= 0.3 is 0 Å². The largest absolute Gasteiger partial charge is 0.395 e. The van der Waals surface area contributed by atoms with Crippen molar-refractivity contribution in [3.05, 3.63) is 12.2 Å². The fourth-order valence-corrected chi connectivity index (χ4v) is 1.01. The Morgan fingerprint density at radius 1 is 1.78 bits per heavy atom. The highest BCUT2D eigenvalue weighted by molar-refractivity contribution is 5.01. The second-order valence-electron chi connectivity index (χ2n) is 2.55. The maximum atomic E-state index is 8.69. The molecule has 1 aliphatic heterocycles. The molecule has 1 atom stereocenters. The van der Waals surface area contributed by atoms with Gasteiger partial charge in [0.25, 0.3) is 0 Å². The predicted molar refractivity (Wildman–Crippen MR) is 37.3 cm³/mol. The second-order valence-corrected chi connectivity index (χ2v) is 2.55. The van der Waals surface area contributed by atoms with Gasteiger partial charge < -0.3 is 10.4 Å². The van der Waals surface area contributed by atoms with Crippen molar-refractivity contribution in [1.29, 1.82) is 0 Å². The third-order valence-electron chi connectivity index (χ3n) is 1.71. The van der Waals surface area contributed by atoms with Crippen molar-refractivity contribution in [3.8, 4) is 0 Å². The molecule has 9 heavy (non-hydrogen) atoms. The van der Waals surface area contributed by atoms with Gasteiger partial charge in [-0.25, -0.2) is 0 Å². The molecule has 0 saturated carbocycles. The second kappa shape index (κ2) is 2.99. The number of hydrogen-bond acceptors (Lipinski definition) is 2. The van der Waals surface area contributed by atoms with Crippen molar-refractivity contribution in [2.24, 2.45) is 0 Å². The Labute approximate surface area is 55.6 Å². The van der Waals surface area contributed by atoms with E-state index in [0.29, 0.717) is 6.04 Å². The number of nitrogens with one attached hydrogen (secondary N) is 1. The van der Waals surface area contributed by atoms with E-state index in [1.165, 1.54) is 5.57 Å². The molecular weight excluding hydrogens is 114 g/mol. The first-order valence-electron chi connectivity index (χ1n) is 3.34. The summed E-state index contributed by atoms with van der Waals surface area (Å²) in [7, 11) is 0. The highest BCUT2D eigenvalue weighted by Gasteiger charge is 2.12. The summed E-state index contributed by atoms with van der Waals surface area (Å²) in [6.07, 6.45) is 2.10. The molecule has 1 heterocycles. The summed E-state index contributed by atoms with van der Waals surface area (Å²) in [6.45, 7) is 4.98. The van der Waals surface area contributed by atoms with Crippen LogP contribution in [0.1, 0.15) is 12.8 Å². The van der Waals surface area contributed by atoms with Crippen LogP contribution in [0.2, 0.25) is 0 Å². The van der Waals surface area contributed by atoms with E-state index in [-0.39, 0.29) is 6.61 Å². The Hall–Kier alpha value is -0.340. The highest BCUT2D eigenvalue weighted by atomic mass is 16.3. The Morgan fingerprint density at radius 3 is 3.00 bits per heavy atom. The summed E-state index contributed by atoms with van der Waals surface area (Å²) in [5.74, 6) is 0. The van der Waals surface area contributed by atoms with Gasteiger partial charge in [0.2, 0.25) is 0 Å². The van der Waals surface area contributed by atoms with Crippen molar-refractivity contribution in [1.82, 2.24) is 5.32 Å². The molecule has 0 aliphatic carbocycles. The third-order valence-corrected chi connectivity index (χ3v) is 1.71. The Bertz CT molecular complexity index is 101. The third kappa shape index (κ3) is 1.80. The van der Waals surface area contributed by atoms with E-state index in [9.17, 15) is 0 Å². The van der Waals surface area contributed by atoms with Gasteiger partial charge in [0.05, 0.1) is 6.61 Å². The lowest BCUT2D eigenvalue weighted by molar-refractivity contribution is 0.230. The van der Waals surface area contributed by atoms with Crippen LogP contribution in [0.4, 0.5) is 0 Å². The van der Waals surface area contributed by atoms with Crippen LogP contribution in [0.25, 0.3) is 0 Å². The van der Waals surface area contributed by atoms with Crippen LogP contribution >= 0.6 is 0 Å². The normalized spacial score (nSPS) is 28.6. The minimum Gasteiger partial charge on any atom is -0.395 e. The molecular formula is C7H13NO. The molecule has 1 rings (SSSR count). The van der Waals surface area contributed by atoms with Gasteiger partial charge in [0.15, 0.2) is 0 Å². The van der Waals surface area contributed by atoms with E-state index in [0.717, 1.165) is 19.4 Å². The molecule has 0 aromatic rings. The molecule has 2 nitrogen and oxygen atoms in total. The van der Waals surface area contributed by atoms with Crippen LogP contribution < -0.4 is 5.32 Å². The van der Waals surface area contributed by atoms with Crippen molar-refractivity contribution in [2.75, 3.05) is 13.2 Å². The summed E-state index contributed by atoms with van der Waals surface area (Å²) in [6, 6.07) is 0.315. The quantitative estimate of drug-likeness (QED) is 0.496. The van der Waals surface area contributed by atoms with E-state index in [4.69, 9.17) is 5.11 Å². The van der Waals surface area contributed by atoms with Crippen molar-refractivity contribution in [3.63, 3.8) is 0 Å². The lowest BCUT2D eigenvalue weighted by Gasteiger charge is -2.22. The van der Waals surface area contributed by atoms with E-state index in [1.807, 2.05) is 0 Å². The Kier molecular flexibility index (Phi) is 2.25. The average molecular weight is 127 g/mol. The van der Waals surface area contributed by atoms with E-state index in [2.05, 4.69) is 11.9 Å². The first-order chi connectivity index (χ1) is 4.33.